The Kier molecular flexibility index (Phi) is 3.69. The average molecular weight is 264 g/mol. The molecule has 0 aliphatic carbocycles. The largest absolute Gasteiger partial charge is 0.505 e. The van der Waals surface area contributed by atoms with Gasteiger partial charge in [-0.05, 0) is 30.9 Å². The molecule has 1 aliphatic heterocycles. The van der Waals surface area contributed by atoms with Crippen LogP contribution in [0.1, 0.15) is 30.3 Å². The standard InChI is InChI=1S/C13H16N2O4/c1-8-4-3-7-15(11(8)13(18)19)12(17)10-9(16)5-2-6-14-10/h2,5-6,8,11,16H,3-4,7H2,1H3,(H,18,19). The van der Waals surface area contributed by atoms with Gasteiger partial charge in [0.1, 0.15) is 11.8 Å². The summed E-state index contributed by atoms with van der Waals surface area (Å²) in [7, 11) is 0. The summed E-state index contributed by atoms with van der Waals surface area (Å²) in [6.07, 6.45) is 2.93. The minimum Gasteiger partial charge on any atom is -0.505 e. The predicted octanol–water partition coefficient (Wildman–Crippen LogP) is 1.11. The summed E-state index contributed by atoms with van der Waals surface area (Å²) in [5.41, 5.74) is -0.0946. The molecule has 1 saturated heterocycles. The maximum atomic E-state index is 12.3. The molecule has 0 aromatic carbocycles. The predicted molar refractivity (Wildman–Crippen MR) is 66.8 cm³/mol. The van der Waals surface area contributed by atoms with Crippen molar-refractivity contribution in [2.75, 3.05) is 6.54 Å². The molecule has 19 heavy (non-hydrogen) atoms. The third-order valence-electron chi connectivity index (χ3n) is 3.44. The maximum Gasteiger partial charge on any atom is 0.326 e. The first-order valence-electron chi connectivity index (χ1n) is 6.20. The van der Waals surface area contributed by atoms with Crippen molar-refractivity contribution in [3.63, 3.8) is 0 Å². The number of hydrogen-bond donors (Lipinski definition) is 2. The molecule has 0 bridgehead atoms. The van der Waals surface area contributed by atoms with Gasteiger partial charge in [0.05, 0.1) is 0 Å². The average Bonchev–Trinajstić information content (AvgIpc) is 2.37. The Labute approximate surface area is 110 Å². The number of hydrogen-bond acceptors (Lipinski definition) is 4. The lowest BCUT2D eigenvalue weighted by atomic mass is 9.90. The van der Waals surface area contributed by atoms with Crippen LogP contribution in [-0.4, -0.2) is 44.6 Å². The van der Waals surface area contributed by atoms with Gasteiger partial charge in [-0.25, -0.2) is 9.78 Å². The van der Waals surface area contributed by atoms with Gasteiger partial charge in [-0.15, -0.1) is 0 Å². The van der Waals surface area contributed by atoms with Crippen molar-refractivity contribution in [3.05, 3.63) is 24.0 Å². The monoisotopic (exact) mass is 264 g/mol. The van der Waals surface area contributed by atoms with E-state index in [1.54, 1.807) is 0 Å². The fraction of sp³-hybridized carbons (Fsp3) is 0.462. The molecule has 1 aliphatic rings. The van der Waals surface area contributed by atoms with Gasteiger partial charge in [0.25, 0.3) is 5.91 Å². The number of carboxylic acid groups (broad SMARTS) is 1. The number of aliphatic carboxylic acids is 1. The smallest absolute Gasteiger partial charge is 0.326 e. The lowest BCUT2D eigenvalue weighted by molar-refractivity contribution is -0.145. The Hall–Kier alpha value is -2.11. The number of aromatic nitrogens is 1. The molecule has 1 aromatic rings. The number of likely N-dealkylation sites (tertiary alicyclic amines) is 1. The van der Waals surface area contributed by atoms with Crippen molar-refractivity contribution in [1.29, 1.82) is 0 Å². The molecule has 2 heterocycles. The zero-order valence-corrected chi connectivity index (χ0v) is 10.6. The van der Waals surface area contributed by atoms with Crippen LogP contribution in [0.4, 0.5) is 0 Å². The Bertz CT molecular complexity index is 503. The first-order valence-corrected chi connectivity index (χ1v) is 6.20. The highest BCUT2D eigenvalue weighted by Gasteiger charge is 2.38. The summed E-state index contributed by atoms with van der Waals surface area (Å²) >= 11 is 0. The van der Waals surface area contributed by atoms with E-state index in [0.29, 0.717) is 6.54 Å². The van der Waals surface area contributed by atoms with Crippen LogP contribution < -0.4 is 0 Å². The highest BCUT2D eigenvalue weighted by molar-refractivity contribution is 5.97. The van der Waals surface area contributed by atoms with Crippen LogP contribution in [0.25, 0.3) is 0 Å². The number of carbonyl (C=O) groups is 2. The fourth-order valence-corrected chi connectivity index (χ4v) is 2.49. The van der Waals surface area contributed by atoms with Gasteiger partial charge in [-0.2, -0.15) is 0 Å². The topological polar surface area (TPSA) is 90.7 Å². The van der Waals surface area contributed by atoms with Crippen LogP contribution in [0.15, 0.2) is 18.3 Å². The van der Waals surface area contributed by atoms with Crippen molar-refractivity contribution >= 4 is 11.9 Å². The molecule has 102 valence electrons. The second-order valence-electron chi connectivity index (χ2n) is 4.77. The third kappa shape index (κ3) is 2.52. The van der Waals surface area contributed by atoms with Crippen molar-refractivity contribution < 1.29 is 19.8 Å². The van der Waals surface area contributed by atoms with Crippen LogP contribution in [0.3, 0.4) is 0 Å². The molecule has 0 saturated carbocycles. The van der Waals surface area contributed by atoms with Crippen molar-refractivity contribution in [2.24, 2.45) is 5.92 Å². The Balaban J connectivity index is 2.31. The van der Waals surface area contributed by atoms with Gasteiger partial charge < -0.3 is 15.1 Å². The van der Waals surface area contributed by atoms with E-state index in [1.165, 1.54) is 23.2 Å². The molecule has 2 atom stereocenters. The highest BCUT2D eigenvalue weighted by Crippen LogP contribution is 2.26. The van der Waals surface area contributed by atoms with Crippen molar-refractivity contribution in [2.45, 2.75) is 25.8 Å². The number of carboxylic acids is 1. The number of amides is 1. The van der Waals surface area contributed by atoms with Gasteiger partial charge in [0.15, 0.2) is 5.69 Å². The van der Waals surface area contributed by atoms with E-state index in [2.05, 4.69) is 4.98 Å². The van der Waals surface area contributed by atoms with Crippen LogP contribution in [0.2, 0.25) is 0 Å². The Morgan fingerprint density at radius 3 is 2.84 bits per heavy atom. The molecule has 0 radical (unpaired) electrons. The van der Waals surface area contributed by atoms with Gasteiger partial charge in [-0.1, -0.05) is 6.92 Å². The summed E-state index contributed by atoms with van der Waals surface area (Å²) in [5.74, 6) is -1.89. The zero-order valence-electron chi connectivity index (χ0n) is 10.6. The summed E-state index contributed by atoms with van der Waals surface area (Å²) in [6, 6.07) is 2.02. The lowest BCUT2D eigenvalue weighted by Gasteiger charge is -2.37. The van der Waals surface area contributed by atoms with Crippen molar-refractivity contribution in [1.82, 2.24) is 9.88 Å². The van der Waals surface area contributed by atoms with Gasteiger partial charge in [0.2, 0.25) is 0 Å². The Morgan fingerprint density at radius 1 is 1.47 bits per heavy atom. The molecule has 6 nitrogen and oxygen atoms in total. The van der Waals surface area contributed by atoms with E-state index in [9.17, 15) is 19.8 Å². The number of piperidine rings is 1. The highest BCUT2D eigenvalue weighted by atomic mass is 16.4. The fourth-order valence-electron chi connectivity index (χ4n) is 2.49. The van der Waals surface area contributed by atoms with Crippen LogP contribution in [0, 0.1) is 5.92 Å². The van der Waals surface area contributed by atoms with Crippen molar-refractivity contribution in [3.8, 4) is 5.75 Å². The Morgan fingerprint density at radius 2 is 2.21 bits per heavy atom. The third-order valence-corrected chi connectivity index (χ3v) is 3.44. The minimum absolute atomic E-state index is 0.0946. The zero-order chi connectivity index (χ0) is 14.0. The van der Waals surface area contributed by atoms with Crippen LogP contribution in [0.5, 0.6) is 5.75 Å². The quantitative estimate of drug-likeness (QED) is 0.835. The van der Waals surface area contributed by atoms with Crippen LogP contribution >= 0.6 is 0 Å². The molecular weight excluding hydrogens is 248 g/mol. The van der Waals surface area contributed by atoms with E-state index in [1.807, 2.05) is 6.92 Å². The summed E-state index contributed by atoms with van der Waals surface area (Å²) in [4.78, 5) is 28.8. The van der Waals surface area contributed by atoms with Gasteiger partial charge in [0, 0.05) is 12.7 Å². The molecule has 1 aromatic heterocycles. The minimum atomic E-state index is -1.02. The maximum absolute atomic E-state index is 12.3. The second-order valence-corrected chi connectivity index (χ2v) is 4.77. The van der Waals surface area contributed by atoms with E-state index in [4.69, 9.17) is 0 Å². The molecule has 2 rings (SSSR count). The van der Waals surface area contributed by atoms with Gasteiger partial charge in [-0.3, -0.25) is 4.79 Å². The first-order chi connectivity index (χ1) is 9.02. The summed E-state index contributed by atoms with van der Waals surface area (Å²) in [6.45, 7) is 2.19. The van der Waals surface area contributed by atoms with Gasteiger partial charge >= 0.3 is 5.97 Å². The van der Waals surface area contributed by atoms with E-state index in [-0.39, 0.29) is 17.4 Å². The van der Waals surface area contributed by atoms with E-state index < -0.39 is 17.9 Å². The first kappa shape index (κ1) is 13.3. The summed E-state index contributed by atoms with van der Waals surface area (Å²) in [5, 5.41) is 18.9. The molecule has 6 heteroatoms. The molecule has 0 spiro atoms. The molecule has 2 unspecified atom stereocenters. The molecule has 2 N–H and O–H groups in total. The van der Waals surface area contributed by atoms with E-state index in [0.717, 1.165) is 12.8 Å². The SMILES string of the molecule is CC1CCCN(C(=O)c2ncccc2O)C1C(=O)O. The normalized spacial score (nSPS) is 23.1. The number of aromatic hydroxyl groups is 1. The number of nitrogens with zero attached hydrogens (tertiary/aromatic N) is 2. The van der Waals surface area contributed by atoms with E-state index >= 15 is 0 Å². The molecule has 1 fully saturated rings. The van der Waals surface area contributed by atoms with Crippen LogP contribution in [-0.2, 0) is 4.79 Å². The number of pyridine rings is 1. The molecular formula is C13H16N2O4. The second kappa shape index (κ2) is 5.26. The summed E-state index contributed by atoms with van der Waals surface area (Å²) < 4.78 is 0. The lowest BCUT2D eigenvalue weighted by Crippen LogP contribution is -2.52. The number of rotatable bonds is 2. The number of carbonyl (C=O) groups excluding carboxylic acids is 1. The molecule has 1 amide bonds.